The molecule has 1 amide bonds. The van der Waals surface area contributed by atoms with Crippen LogP contribution < -0.4 is 10.2 Å². The van der Waals surface area contributed by atoms with Crippen molar-refractivity contribution in [1.82, 2.24) is 20.3 Å². The minimum Gasteiger partial charge on any atom is -0.347 e. The maximum atomic E-state index is 12.5. The fourth-order valence-electron chi connectivity index (χ4n) is 3.16. The maximum Gasteiger partial charge on any atom is 0.270 e. The second-order valence-electron chi connectivity index (χ2n) is 6.23. The number of nitrogens with zero attached hydrogens (tertiary/aromatic N) is 4. The number of anilines is 2. The maximum absolute atomic E-state index is 12.5. The van der Waals surface area contributed by atoms with Crippen LogP contribution in [0.3, 0.4) is 0 Å². The van der Waals surface area contributed by atoms with Gasteiger partial charge in [-0.15, -0.1) is 0 Å². The molecule has 0 bridgehead atoms. The van der Waals surface area contributed by atoms with Gasteiger partial charge >= 0.3 is 0 Å². The Bertz CT molecular complexity index is 942. The molecule has 1 aromatic carbocycles. The SMILES string of the molecule is Cc1nc(C(=O)NCc2ccncc2)cc(N2CCc3ccccc32)n1. The van der Waals surface area contributed by atoms with Crippen LogP contribution in [0.15, 0.2) is 54.9 Å². The number of aryl methyl sites for hydroxylation is 1. The minimum absolute atomic E-state index is 0.207. The highest BCUT2D eigenvalue weighted by Gasteiger charge is 2.22. The molecule has 1 N–H and O–H groups in total. The molecule has 2 aromatic heterocycles. The van der Waals surface area contributed by atoms with E-state index < -0.39 is 0 Å². The van der Waals surface area contributed by atoms with Crippen LogP contribution in [0.25, 0.3) is 0 Å². The summed E-state index contributed by atoms with van der Waals surface area (Å²) in [6.45, 7) is 3.10. The largest absolute Gasteiger partial charge is 0.347 e. The quantitative estimate of drug-likeness (QED) is 0.787. The lowest BCUT2D eigenvalue weighted by atomic mass is 10.2. The van der Waals surface area contributed by atoms with Crippen molar-refractivity contribution >= 4 is 17.4 Å². The number of benzene rings is 1. The van der Waals surface area contributed by atoms with Crippen LogP contribution in [0.4, 0.5) is 11.5 Å². The third kappa shape index (κ3) is 3.26. The van der Waals surface area contributed by atoms with Crippen molar-refractivity contribution in [1.29, 1.82) is 0 Å². The van der Waals surface area contributed by atoms with Crippen LogP contribution in [0.1, 0.15) is 27.4 Å². The Morgan fingerprint density at radius 2 is 1.96 bits per heavy atom. The van der Waals surface area contributed by atoms with Crippen LogP contribution in [0.2, 0.25) is 0 Å². The van der Waals surface area contributed by atoms with Gasteiger partial charge in [-0.05, 0) is 42.7 Å². The number of rotatable bonds is 4. The third-order valence-electron chi connectivity index (χ3n) is 4.42. The van der Waals surface area contributed by atoms with E-state index in [2.05, 4.69) is 37.3 Å². The second-order valence-corrected chi connectivity index (χ2v) is 6.23. The van der Waals surface area contributed by atoms with E-state index in [4.69, 9.17) is 0 Å². The number of carbonyl (C=O) groups excluding carboxylic acids is 1. The van der Waals surface area contributed by atoms with Gasteiger partial charge in [0.1, 0.15) is 17.3 Å². The third-order valence-corrected chi connectivity index (χ3v) is 4.42. The van der Waals surface area contributed by atoms with Crippen molar-refractivity contribution in [3.63, 3.8) is 0 Å². The first-order valence-corrected chi connectivity index (χ1v) is 8.59. The number of pyridine rings is 1. The zero-order valence-electron chi connectivity index (χ0n) is 14.5. The van der Waals surface area contributed by atoms with Crippen molar-refractivity contribution in [2.24, 2.45) is 0 Å². The Kier molecular flexibility index (Phi) is 4.31. The summed E-state index contributed by atoms with van der Waals surface area (Å²) in [6.07, 6.45) is 4.39. The summed E-state index contributed by atoms with van der Waals surface area (Å²) in [5, 5.41) is 2.90. The van der Waals surface area contributed by atoms with Crippen molar-refractivity contribution in [2.45, 2.75) is 19.9 Å². The zero-order valence-corrected chi connectivity index (χ0v) is 14.5. The molecule has 0 aliphatic carbocycles. The predicted octanol–water partition coefficient (Wildman–Crippen LogP) is 2.80. The molecule has 0 fully saturated rings. The number of para-hydroxylation sites is 1. The zero-order chi connectivity index (χ0) is 17.9. The average Bonchev–Trinajstić information content (AvgIpc) is 3.10. The van der Waals surface area contributed by atoms with Crippen LogP contribution in [-0.2, 0) is 13.0 Å². The molecular formula is C20H19N5O. The summed E-state index contributed by atoms with van der Waals surface area (Å²) < 4.78 is 0. The van der Waals surface area contributed by atoms with E-state index in [1.165, 1.54) is 5.56 Å². The number of hydrogen-bond acceptors (Lipinski definition) is 5. The first kappa shape index (κ1) is 16.2. The number of carbonyl (C=O) groups is 1. The highest BCUT2D eigenvalue weighted by molar-refractivity contribution is 5.93. The number of aromatic nitrogens is 3. The molecule has 0 spiro atoms. The van der Waals surface area contributed by atoms with E-state index >= 15 is 0 Å². The van der Waals surface area contributed by atoms with Crippen LogP contribution in [0.5, 0.6) is 0 Å². The van der Waals surface area contributed by atoms with E-state index in [1.807, 2.05) is 31.2 Å². The van der Waals surface area contributed by atoms with Crippen molar-refractivity contribution in [3.8, 4) is 0 Å². The highest BCUT2D eigenvalue weighted by atomic mass is 16.1. The molecule has 0 unspecified atom stereocenters. The molecule has 0 saturated carbocycles. The molecule has 26 heavy (non-hydrogen) atoms. The minimum atomic E-state index is -0.207. The monoisotopic (exact) mass is 345 g/mol. The number of nitrogens with one attached hydrogen (secondary N) is 1. The van der Waals surface area contributed by atoms with Gasteiger partial charge in [0.2, 0.25) is 0 Å². The van der Waals surface area contributed by atoms with Crippen LogP contribution in [-0.4, -0.2) is 27.4 Å². The van der Waals surface area contributed by atoms with E-state index in [1.54, 1.807) is 18.5 Å². The Morgan fingerprint density at radius 1 is 1.15 bits per heavy atom. The predicted molar refractivity (Wildman–Crippen MR) is 99.3 cm³/mol. The first-order valence-electron chi connectivity index (χ1n) is 8.59. The molecule has 6 nitrogen and oxygen atoms in total. The van der Waals surface area contributed by atoms with Gasteiger partial charge in [0.05, 0.1) is 0 Å². The van der Waals surface area contributed by atoms with Gasteiger partial charge in [0, 0.05) is 37.2 Å². The first-order chi connectivity index (χ1) is 12.7. The lowest BCUT2D eigenvalue weighted by Gasteiger charge is -2.19. The van der Waals surface area contributed by atoms with Gasteiger partial charge in [-0.2, -0.15) is 0 Å². The Morgan fingerprint density at radius 3 is 2.81 bits per heavy atom. The van der Waals surface area contributed by atoms with Gasteiger partial charge in [-0.3, -0.25) is 9.78 Å². The second kappa shape index (κ2) is 6.92. The molecule has 3 heterocycles. The Labute approximate surface area is 151 Å². The molecule has 0 atom stereocenters. The van der Waals surface area contributed by atoms with Crippen LogP contribution >= 0.6 is 0 Å². The molecule has 130 valence electrons. The van der Waals surface area contributed by atoms with E-state index in [9.17, 15) is 4.79 Å². The Hall–Kier alpha value is -3.28. The summed E-state index contributed by atoms with van der Waals surface area (Å²) in [5.74, 6) is 1.14. The molecular weight excluding hydrogens is 326 g/mol. The Balaban J connectivity index is 1.56. The lowest BCUT2D eigenvalue weighted by Crippen LogP contribution is -2.25. The topological polar surface area (TPSA) is 71.0 Å². The van der Waals surface area contributed by atoms with E-state index in [-0.39, 0.29) is 5.91 Å². The fourth-order valence-corrected chi connectivity index (χ4v) is 3.16. The van der Waals surface area contributed by atoms with E-state index in [0.29, 0.717) is 18.1 Å². The van der Waals surface area contributed by atoms with E-state index in [0.717, 1.165) is 30.0 Å². The normalized spacial score (nSPS) is 12.7. The molecule has 0 saturated heterocycles. The molecule has 1 aliphatic rings. The average molecular weight is 345 g/mol. The number of amides is 1. The summed E-state index contributed by atoms with van der Waals surface area (Å²) >= 11 is 0. The van der Waals surface area contributed by atoms with Crippen molar-refractivity contribution in [3.05, 3.63) is 77.5 Å². The standard InChI is InChI=1S/C20H19N5O/c1-14-23-17(20(26)22-13-15-6-9-21-10-7-15)12-19(24-14)25-11-8-16-4-2-3-5-18(16)25/h2-7,9-10,12H,8,11,13H2,1H3,(H,22,26). The van der Waals surface area contributed by atoms with Crippen LogP contribution in [0, 0.1) is 6.92 Å². The molecule has 4 rings (SSSR count). The smallest absolute Gasteiger partial charge is 0.270 e. The van der Waals surface area contributed by atoms with Gasteiger partial charge in [0.25, 0.3) is 5.91 Å². The fraction of sp³-hybridized carbons (Fsp3) is 0.200. The summed E-state index contributed by atoms with van der Waals surface area (Å²) in [7, 11) is 0. The summed E-state index contributed by atoms with van der Waals surface area (Å²) in [6, 6.07) is 13.8. The highest BCUT2D eigenvalue weighted by Crippen LogP contribution is 2.33. The number of fused-ring (bicyclic) bond motifs is 1. The molecule has 0 radical (unpaired) electrons. The molecule has 1 aliphatic heterocycles. The van der Waals surface area contributed by atoms with Crippen molar-refractivity contribution < 1.29 is 4.79 Å². The molecule has 6 heteroatoms. The number of hydrogen-bond donors (Lipinski definition) is 1. The lowest BCUT2D eigenvalue weighted by molar-refractivity contribution is 0.0945. The van der Waals surface area contributed by atoms with Gasteiger partial charge in [-0.1, -0.05) is 18.2 Å². The summed E-state index contributed by atoms with van der Waals surface area (Å²) in [5.41, 5.74) is 3.82. The van der Waals surface area contributed by atoms with Gasteiger partial charge in [-0.25, -0.2) is 9.97 Å². The summed E-state index contributed by atoms with van der Waals surface area (Å²) in [4.78, 5) is 27.5. The van der Waals surface area contributed by atoms with Gasteiger partial charge in [0.15, 0.2) is 0 Å². The van der Waals surface area contributed by atoms with Crippen molar-refractivity contribution in [2.75, 3.05) is 11.4 Å². The molecule has 3 aromatic rings. The van der Waals surface area contributed by atoms with Gasteiger partial charge < -0.3 is 10.2 Å².